The molecule has 0 spiro atoms. The molecule has 2 rings (SSSR count). The van der Waals surface area contributed by atoms with Crippen LogP contribution in [0.25, 0.3) is 0 Å². The number of rotatable bonds is 5. The summed E-state index contributed by atoms with van der Waals surface area (Å²) in [5, 5.41) is 12.4. The molecule has 1 fully saturated rings. The fourth-order valence-corrected chi connectivity index (χ4v) is 2.77. The Labute approximate surface area is 132 Å². The Morgan fingerprint density at radius 1 is 1.43 bits per heavy atom. The van der Waals surface area contributed by atoms with Crippen LogP contribution < -0.4 is 5.32 Å². The van der Waals surface area contributed by atoms with Crippen molar-refractivity contribution in [3.63, 3.8) is 0 Å². The van der Waals surface area contributed by atoms with E-state index < -0.39 is 17.8 Å². The van der Waals surface area contributed by atoms with Gasteiger partial charge in [0, 0.05) is 11.6 Å². The second kappa shape index (κ2) is 7.11. The van der Waals surface area contributed by atoms with Gasteiger partial charge in [-0.15, -0.1) is 0 Å². The van der Waals surface area contributed by atoms with Gasteiger partial charge in [-0.05, 0) is 31.0 Å². The van der Waals surface area contributed by atoms with E-state index in [-0.39, 0.29) is 12.5 Å². The standard InChI is InChI=1S/C14H15Cl2NO4/c15-8-3-4-11(10(16)6-8)17-14(20)9(7-13(18)19)12-2-1-5-21-12/h3-4,6,9,12H,1-2,5,7H2,(H,17,20)(H,18,19)/t9-,12-/m0/s1. The van der Waals surface area contributed by atoms with E-state index in [4.69, 9.17) is 33.0 Å². The molecule has 0 aliphatic carbocycles. The Morgan fingerprint density at radius 3 is 2.76 bits per heavy atom. The molecule has 0 radical (unpaired) electrons. The van der Waals surface area contributed by atoms with Gasteiger partial charge in [-0.2, -0.15) is 0 Å². The predicted octanol–water partition coefficient (Wildman–Crippen LogP) is 3.20. The molecule has 1 heterocycles. The van der Waals surface area contributed by atoms with Crippen LogP contribution in [0.15, 0.2) is 18.2 Å². The van der Waals surface area contributed by atoms with Gasteiger partial charge in [-0.3, -0.25) is 9.59 Å². The van der Waals surface area contributed by atoms with Crippen LogP contribution in [0.3, 0.4) is 0 Å². The molecule has 0 bridgehead atoms. The first-order chi connectivity index (χ1) is 9.97. The largest absolute Gasteiger partial charge is 0.481 e. The molecule has 114 valence electrons. The van der Waals surface area contributed by atoms with E-state index >= 15 is 0 Å². The number of benzene rings is 1. The number of anilines is 1. The lowest BCUT2D eigenvalue weighted by atomic mass is 9.95. The zero-order valence-corrected chi connectivity index (χ0v) is 12.7. The molecule has 1 aliphatic rings. The van der Waals surface area contributed by atoms with Crippen LogP contribution >= 0.6 is 23.2 Å². The van der Waals surface area contributed by atoms with E-state index in [1.807, 2.05) is 0 Å². The number of hydrogen-bond donors (Lipinski definition) is 2. The Hall–Kier alpha value is -1.30. The molecule has 1 aromatic rings. The molecule has 7 heteroatoms. The Kier molecular flexibility index (Phi) is 5.45. The molecule has 5 nitrogen and oxygen atoms in total. The topological polar surface area (TPSA) is 75.6 Å². The maximum absolute atomic E-state index is 12.3. The summed E-state index contributed by atoms with van der Waals surface area (Å²) in [6.07, 6.45) is 0.865. The third kappa shape index (κ3) is 4.33. The summed E-state index contributed by atoms with van der Waals surface area (Å²) >= 11 is 11.8. The van der Waals surface area contributed by atoms with Crippen LogP contribution in [0.1, 0.15) is 19.3 Å². The number of carbonyl (C=O) groups excluding carboxylic acids is 1. The third-order valence-electron chi connectivity index (χ3n) is 3.33. The van der Waals surface area contributed by atoms with E-state index in [1.165, 1.54) is 6.07 Å². The van der Waals surface area contributed by atoms with Gasteiger partial charge in [-0.1, -0.05) is 23.2 Å². The molecule has 0 saturated carbocycles. The molecule has 2 N–H and O–H groups in total. The molecule has 2 atom stereocenters. The number of carbonyl (C=O) groups is 2. The predicted molar refractivity (Wildman–Crippen MR) is 79.8 cm³/mol. The second-order valence-electron chi connectivity index (χ2n) is 4.87. The molecular weight excluding hydrogens is 317 g/mol. The van der Waals surface area contributed by atoms with Gasteiger partial charge in [-0.25, -0.2) is 0 Å². The maximum Gasteiger partial charge on any atom is 0.304 e. The fraction of sp³-hybridized carbons (Fsp3) is 0.429. The Morgan fingerprint density at radius 2 is 2.19 bits per heavy atom. The fourth-order valence-electron chi connectivity index (χ4n) is 2.32. The lowest BCUT2D eigenvalue weighted by Gasteiger charge is -2.21. The zero-order chi connectivity index (χ0) is 15.4. The molecular formula is C14H15Cl2NO4. The van der Waals surface area contributed by atoms with E-state index in [2.05, 4.69) is 5.32 Å². The lowest BCUT2D eigenvalue weighted by Crippen LogP contribution is -2.34. The number of amides is 1. The number of nitrogens with one attached hydrogen (secondary N) is 1. The van der Waals surface area contributed by atoms with Crippen molar-refractivity contribution in [2.45, 2.75) is 25.4 Å². The van der Waals surface area contributed by atoms with Crippen molar-refractivity contribution in [3.8, 4) is 0 Å². The number of hydrogen-bond acceptors (Lipinski definition) is 3. The third-order valence-corrected chi connectivity index (χ3v) is 3.88. The second-order valence-corrected chi connectivity index (χ2v) is 5.71. The summed E-state index contributed by atoms with van der Waals surface area (Å²) < 4.78 is 5.45. The Bertz CT molecular complexity index is 544. The van der Waals surface area contributed by atoms with E-state index in [0.717, 1.165) is 6.42 Å². The quantitative estimate of drug-likeness (QED) is 0.868. The van der Waals surface area contributed by atoms with Crippen molar-refractivity contribution < 1.29 is 19.4 Å². The number of aliphatic carboxylic acids is 1. The van der Waals surface area contributed by atoms with E-state index in [9.17, 15) is 9.59 Å². The highest BCUT2D eigenvalue weighted by atomic mass is 35.5. The van der Waals surface area contributed by atoms with Gasteiger partial charge in [0.1, 0.15) is 0 Å². The van der Waals surface area contributed by atoms with Crippen LogP contribution in [-0.4, -0.2) is 29.7 Å². The average molecular weight is 332 g/mol. The minimum Gasteiger partial charge on any atom is -0.481 e. The van der Waals surface area contributed by atoms with Crippen molar-refractivity contribution in [1.82, 2.24) is 0 Å². The highest BCUT2D eigenvalue weighted by molar-refractivity contribution is 6.36. The molecule has 21 heavy (non-hydrogen) atoms. The highest BCUT2D eigenvalue weighted by Gasteiger charge is 2.33. The summed E-state index contributed by atoms with van der Waals surface area (Å²) in [7, 11) is 0. The lowest BCUT2D eigenvalue weighted by molar-refractivity contribution is -0.142. The van der Waals surface area contributed by atoms with E-state index in [1.54, 1.807) is 12.1 Å². The van der Waals surface area contributed by atoms with Crippen molar-refractivity contribution >= 4 is 40.8 Å². The first-order valence-electron chi connectivity index (χ1n) is 6.56. The average Bonchev–Trinajstić information content (AvgIpc) is 2.92. The molecule has 1 saturated heterocycles. The van der Waals surface area contributed by atoms with Crippen LogP contribution in [0.2, 0.25) is 10.0 Å². The van der Waals surface area contributed by atoms with E-state index in [0.29, 0.717) is 28.8 Å². The normalized spacial score (nSPS) is 19.2. The first-order valence-corrected chi connectivity index (χ1v) is 7.32. The summed E-state index contributed by atoms with van der Waals surface area (Å²) in [5.41, 5.74) is 0.402. The van der Waals surface area contributed by atoms with Crippen LogP contribution in [0.5, 0.6) is 0 Å². The van der Waals surface area contributed by atoms with Gasteiger partial charge >= 0.3 is 5.97 Å². The zero-order valence-electron chi connectivity index (χ0n) is 11.1. The van der Waals surface area contributed by atoms with Crippen LogP contribution in [0.4, 0.5) is 5.69 Å². The van der Waals surface area contributed by atoms with Crippen molar-refractivity contribution in [3.05, 3.63) is 28.2 Å². The van der Waals surface area contributed by atoms with Gasteiger partial charge in [0.25, 0.3) is 0 Å². The maximum atomic E-state index is 12.3. The van der Waals surface area contributed by atoms with Gasteiger partial charge in [0.15, 0.2) is 0 Å². The Balaban J connectivity index is 2.11. The van der Waals surface area contributed by atoms with Crippen molar-refractivity contribution in [1.29, 1.82) is 0 Å². The molecule has 1 amide bonds. The smallest absolute Gasteiger partial charge is 0.304 e. The summed E-state index contributed by atoms with van der Waals surface area (Å²) in [5.74, 6) is -2.18. The van der Waals surface area contributed by atoms with Crippen LogP contribution in [0, 0.1) is 5.92 Å². The SMILES string of the molecule is O=C(O)C[C@H](C(=O)Nc1ccc(Cl)cc1Cl)[C@@H]1CCCO1. The minimum atomic E-state index is -1.03. The molecule has 1 aromatic carbocycles. The molecule has 0 aromatic heterocycles. The van der Waals surface area contributed by atoms with Crippen molar-refractivity contribution in [2.24, 2.45) is 5.92 Å². The van der Waals surface area contributed by atoms with Gasteiger partial charge in [0.2, 0.25) is 5.91 Å². The minimum absolute atomic E-state index is 0.276. The number of carboxylic acids is 1. The monoisotopic (exact) mass is 331 g/mol. The van der Waals surface area contributed by atoms with Gasteiger partial charge < -0.3 is 15.2 Å². The molecule has 1 aliphatic heterocycles. The highest BCUT2D eigenvalue weighted by Crippen LogP contribution is 2.28. The van der Waals surface area contributed by atoms with Gasteiger partial charge in [0.05, 0.1) is 29.2 Å². The number of ether oxygens (including phenoxy) is 1. The van der Waals surface area contributed by atoms with Crippen molar-refractivity contribution in [2.75, 3.05) is 11.9 Å². The number of halogens is 2. The summed E-state index contributed by atoms with van der Waals surface area (Å²) in [6.45, 7) is 0.551. The number of carboxylic acid groups (broad SMARTS) is 1. The summed E-state index contributed by atoms with van der Waals surface area (Å²) in [6, 6.07) is 4.69. The molecule has 0 unspecified atom stereocenters. The summed E-state index contributed by atoms with van der Waals surface area (Å²) in [4.78, 5) is 23.3. The first kappa shape index (κ1) is 16.1. The van der Waals surface area contributed by atoms with Crippen LogP contribution in [-0.2, 0) is 14.3 Å².